The van der Waals surface area contributed by atoms with Gasteiger partial charge in [0, 0.05) is 19.6 Å². The summed E-state index contributed by atoms with van der Waals surface area (Å²) in [6.45, 7) is 5.56. The van der Waals surface area contributed by atoms with E-state index in [0.717, 1.165) is 45.3 Å². The summed E-state index contributed by atoms with van der Waals surface area (Å²) >= 11 is 0. The van der Waals surface area contributed by atoms with Crippen LogP contribution >= 0.6 is 0 Å². The Morgan fingerprint density at radius 3 is 2.38 bits per heavy atom. The second kappa shape index (κ2) is 9.72. The van der Waals surface area contributed by atoms with Crippen molar-refractivity contribution in [2.24, 2.45) is 0 Å². The van der Waals surface area contributed by atoms with Crippen LogP contribution in [0.5, 0.6) is 0 Å². The molecule has 13 heavy (non-hydrogen) atoms. The maximum absolute atomic E-state index is 10.6. The second-order valence-electron chi connectivity index (χ2n) is 3.48. The molecule has 2 heteroatoms. The van der Waals surface area contributed by atoms with Crippen molar-refractivity contribution in [1.29, 1.82) is 0 Å². The fourth-order valence-corrected chi connectivity index (χ4v) is 1.10. The average molecular weight is 186 g/mol. The van der Waals surface area contributed by atoms with E-state index < -0.39 is 0 Å². The molecule has 0 spiro atoms. The molecular weight excluding hydrogens is 164 g/mol. The van der Waals surface area contributed by atoms with E-state index in [1.54, 1.807) is 6.92 Å². The molecule has 0 fully saturated rings. The number of hydrogen-bond acceptors (Lipinski definition) is 2. The molecule has 0 radical (unpaired) electrons. The quantitative estimate of drug-likeness (QED) is 0.517. The van der Waals surface area contributed by atoms with Gasteiger partial charge in [-0.3, -0.25) is 0 Å². The summed E-state index contributed by atoms with van der Waals surface area (Å²) in [7, 11) is 0. The molecule has 0 N–H and O–H groups in total. The molecule has 0 aliphatic rings. The summed E-state index contributed by atoms with van der Waals surface area (Å²) in [5, 5.41) is 0. The fourth-order valence-electron chi connectivity index (χ4n) is 1.10. The summed E-state index contributed by atoms with van der Waals surface area (Å²) < 4.78 is 5.40. The lowest BCUT2D eigenvalue weighted by molar-refractivity contribution is -0.117. The van der Waals surface area contributed by atoms with E-state index in [2.05, 4.69) is 6.92 Å². The molecule has 0 aliphatic heterocycles. The largest absolute Gasteiger partial charge is 0.381 e. The Balaban J connectivity index is 2.87. The maximum Gasteiger partial charge on any atom is 0.129 e. The van der Waals surface area contributed by atoms with Gasteiger partial charge < -0.3 is 9.53 Å². The van der Waals surface area contributed by atoms with E-state index in [1.807, 2.05) is 0 Å². The van der Waals surface area contributed by atoms with Crippen LogP contribution in [0.1, 0.15) is 52.4 Å². The Hall–Kier alpha value is -0.370. The van der Waals surface area contributed by atoms with Crippen molar-refractivity contribution in [1.82, 2.24) is 0 Å². The summed E-state index contributed by atoms with van der Waals surface area (Å²) in [6.07, 6.45) is 6.32. The smallest absolute Gasteiger partial charge is 0.129 e. The number of rotatable bonds is 9. The number of hydrogen-bond donors (Lipinski definition) is 0. The highest BCUT2D eigenvalue weighted by Crippen LogP contribution is 2.01. The van der Waals surface area contributed by atoms with Crippen LogP contribution in [0.2, 0.25) is 0 Å². The van der Waals surface area contributed by atoms with Crippen molar-refractivity contribution in [2.75, 3.05) is 13.2 Å². The topological polar surface area (TPSA) is 26.3 Å². The van der Waals surface area contributed by atoms with Gasteiger partial charge in [-0.15, -0.1) is 0 Å². The first-order chi connectivity index (χ1) is 6.27. The monoisotopic (exact) mass is 186 g/mol. The first-order valence-electron chi connectivity index (χ1n) is 5.34. The first kappa shape index (κ1) is 12.6. The lowest BCUT2D eigenvalue weighted by atomic mass is 10.1. The van der Waals surface area contributed by atoms with Crippen molar-refractivity contribution < 1.29 is 9.53 Å². The molecular formula is C11H22O2. The van der Waals surface area contributed by atoms with Crippen LogP contribution in [0.25, 0.3) is 0 Å². The van der Waals surface area contributed by atoms with Crippen molar-refractivity contribution in [3.63, 3.8) is 0 Å². The van der Waals surface area contributed by atoms with E-state index in [0.29, 0.717) is 5.78 Å². The third-order valence-corrected chi connectivity index (χ3v) is 1.96. The van der Waals surface area contributed by atoms with Crippen LogP contribution < -0.4 is 0 Å². The molecule has 0 atom stereocenters. The molecule has 0 aromatic carbocycles. The van der Waals surface area contributed by atoms with Gasteiger partial charge in [-0.05, 0) is 26.2 Å². The first-order valence-corrected chi connectivity index (χ1v) is 5.34. The minimum atomic E-state index is 0.298. The average Bonchev–Trinajstić information content (AvgIpc) is 2.09. The summed E-state index contributed by atoms with van der Waals surface area (Å²) in [4.78, 5) is 10.6. The normalized spacial score (nSPS) is 10.3. The molecule has 0 saturated heterocycles. The number of ketones is 1. The zero-order chi connectivity index (χ0) is 9.94. The van der Waals surface area contributed by atoms with Gasteiger partial charge in [0.15, 0.2) is 0 Å². The molecule has 2 nitrogen and oxygen atoms in total. The number of ether oxygens (including phenoxy) is 1. The third-order valence-electron chi connectivity index (χ3n) is 1.96. The number of carbonyl (C=O) groups is 1. The van der Waals surface area contributed by atoms with Gasteiger partial charge in [0.25, 0.3) is 0 Å². The maximum atomic E-state index is 10.6. The number of unbranched alkanes of at least 4 members (excludes halogenated alkanes) is 3. The molecule has 78 valence electrons. The van der Waals surface area contributed by atoms with Gasteiger partial charge in [-0.2, -0.15) is 0 Å². The summed E-state index contributed by atoms with van der Waals surface area (Å²) in [5.41, 5.74) is 0. The predicted molar refractivity (Wildman–Crippen MR) is 54.9 cm³/mol. The summed E-state index contributed by atoms with van der Waals surface area (Å²) in [6, 6.07) is 0. The highest BCUT2D eigenvalue weighted by atomic mass is 16.5. The van der Waals surface area contributed by atoms with Crippen LogP contribution in [0.15, 0.2) is 0 Å². The zero-order valence-corrected chi connectivity index (χ0v) is 8.97. The highest BCUT2D eigenvalue weighted by molar-refractivity contribution is 5.75. The molecule has 0 unspecified atom stereocenters. The molecule has 0 aromatic rings. The van der Waals surface area contributed by atoms with Crippen LogP contribution in [0, 0.1) is 0 Å². The highest BCUT2D eigenvalue weighted by Gasteiger charge is 1.93. The van der Waals surface area contributed by atoms with Crippen LogP contribution in [0.3, 0.4) is 0 Å². The molecule has 0 amide bonds. The van der Waals surface area contributed by atoms with E-state index in [-0.39, 0.29) is 0 Å². The third kappa shape index (κ3) is 11.6. The molecule has 0 bridgehead atoms. The lowest BCUT2D eigenvalue weighted by Gasteiger charge is -2.02. The van der Waals surface area contributed by atoms with Gasteiger partial charge in [0.1, 0.15) is 5.78 Å². The van der Waals surface area contributed by atoms with Crippen molar-refractivity contribution >= 4 is 5.78 Å². The fraction of sp³-hybridized carbons (Fsp3) is 0.909. The van der Waals surface area contributed by atoms with Crippen molar-refractivity contribution in [3.8, 4) is 0 Å². The van der Waals surface area contributed by atoms with Crippen LogP contribution in [-0.2, 0) is 9.53 Å². The predicted octanol–water partition coefficient (Wildman–Crippen LogP) is 2.95. The minimum absolute atomic E-state index is 0.298. The molecule has 0 rings (SSSR count). The van der Waals surface area contributed by atoms with Gasteiger partial charge in [0.05, 0.1) is 0 Å². The van der Waals surface area contributed by atoms with Crippen LogP contribution in [0.4, 0.5) is 0 Å². The van der Waals surface area contributed by atoms with Gasteiger partial charge in [-0.25, -0.2) is 0 Å². The van der Waals surface area contributed by atoms with Crippen LogP contribution in [-0.4, -0.2) is 19.0 Å². The van der Waals surface area contributed by atoms with E-state index in [9.17, 15) is 4.79 Å². The molecule has 0 heterocycles. The SMILES string of the molecule is CCCCOCCCCCC(C)=O. The van der Waals surface area contributed by atoms with Gasteiger partial charge >= 0.3 is 0 Å². The Kier molecular flexibility index (Phi) is 9.44. The Bertz CT molecular complexity index is 121. The Morgan fingerprint density at radius 1 is 1.08 bits per heavy atom. The van der Waals surface area contributed by atoms with E-state index >= 15 is 0 Å². The number of carbonyl (C=O) groups excluding carboxylic acids is 1. The second-order valence-corrected chi connectivity index (χ2v) is 3.48. The van der Waals surface area contributed by atoms with E-state index in [1.165, 1.54) is 6.42 Å². The van der Waals surface area contributed by atoms with Crippen molar-refractivity contribution in [3.05, 3.63) is 0 Å². The standard InChI is InChI=1S/C11H22O2/c1-3-4-9-13-10-7-5-6-8-11(2)12/h3-10H2,1-2H3. The minimum Gasteiger partial charge on any atom is -0.381 e. The van der Waals surface area contributed by atoms with Crippen molar-refractivity contribution in [2.45, 2.75) is 52.4 Å². The molecule has 0 aliphatic carbocycles. The summed E-state index contributed by atoms with van der Waals surface area (Å²) in [5.74, 6) is 0.298. The molecule has 0 saturated carbocycles. The van der Waals surface area contributed by atoms with Gasteiger partial charge in [0.2, 0.25) is 0 Å². The Labute approximate surface area is 81.7 Å². The lowest BCUT2D eigenvalue weighted by Crippen LogP contribution is -1.97. The van der Waals surface area contributed by atoms with Gasteiger partial charge in [-0.1, -0.05) is 19.8 Å². The molecule has 0 aromatic heterocycles. The van der Waals surface area contributed by atoms with E-state index in [4.69, 9.17) is 4.74 Å². The number of Topliss-reactive ketones (excluding diaryl/α,β-unsaturated/α-hetero) is 1. The zero-order valence-electron chi connectivity index (χ0n) is 8.97. The Morgan fingerprint density at radius 2 is 1.77 bits per heavy atom.